The van der Waals surface area contributed by atoms with Crippen LogP contribution in [0.3, 0.4) is 0 Å². The van der Waals surface area contributed by atoms with E-state index in [-0.39, 0.29) is 17.8 Å². The summed E-state index contributed by atoms with van der Waals surface area (Å²) in [6.07, 6.45) is -2.62. The van der Waals surface area contributed by atoms with Crippen molar-refractivity contribution >= 4 is 37.9 Å². The fourth-order valence-corrected chi connectivity index (χ4v) is 6.28. The predicted octanol–water partition coefficient (Wildman–Crippen LogP) is 9.18. The van der Waals surface area contributed by atoms with E-state index >= 15 is 0 Å². The number of rotatable bonds is 2. The summed E-state index contributed by atoms with van der Waals surface area (Å²) in [4.78, 5) is 0. The first-order valence-electron chi connectivity index (χ1n) is 10.1. The number of alkyl halides is 3. The second-order valence-electron chi connectivity index (χ2n) is 8.47. The second kappa shape index (κ2) is 7.35. The molecule has 0 aromatic heterocycles. The summed E-state index contributed by atoms with van der Waals surface area (Å²) in [7, 11) is 0. The van der Waals surface area contributed by atoms with E-state index in [9.17, 15) is 13.2 Å². The van der Waals surface area contributed by atoms with Crippen LogP contribution in [0.25, 0.3) is 17.2 Å². The maximum Gasteiger partial charge on any atom is 0.416 e. The molecular weight excluding hydrogens is 529 g/mol. The number of fused-ring (bicyclic) bond motifs is 4. The molecule has 2 atom stereocenters. The van der Waals surface area contributed by atoms with Crippen LogP contribution >= 0.6 is 31.9 Å². The maximum atomic E-state index is 13.6. The molecular formula is C26H19Br2F3. The van der Waals surface area contributed by atoms with Crippen LogP contribution in [0.4, 0.5) is 13.2 Å². The van der Waals surface area contributed by atoms with Gasteiger partial charge in [-0.3, -0.25) is 0 Å². The first-order valence-corrected chi connectivity index (χ1v) is 11.7. The van der Waals surface area contributed by atoms with E-state index in [1.54, 1.807) is 6.08 Å². The van der Waals surface area contributed by atoms with Gasteiger partial charge in [0.25, 0.3) is 0 Å². The fourth-order valence-electron chi connectivity index (χ4n) is 5.52. The van der Waals surface area contributed by atoms with Gasteiger partial charge in [0.1, 0.15) is 0 Å². The quantitative estimate of drug-likeness (QED) is 0.300. The fraction of sp³-hybridized carbons (Fsp3) is 0.231. The van der Waals surface area contributed by atoms with Crippen molar-refractivity contribution in [1.82, 2.24) is 0 Å². The summed E-state index contributed by atoms with van der Waals surface area (Å²) in [5.74, 6) is 0.109. The Balaban J connectivity index is 1.66. The molecule has 2 aliphatic carbocycles. The Bertz CT molecular complexity index is 1190. The molecule has 31 heavy (non-hydrogen) atoms. The summed E-state index contributed by atoms with van der Waals surface area (Å²) in [5, 5.41) is 0. The number of hydrogen-bond acceptors (Lipinski definition) is 0. The lowest BCUT2D eigenvalue weighted by Crippen LogP contribution is -2.18. The van der Waals surface area contributed by atoms with Crippen molar-refractivity contribution in [3.05, 3.63) is 96.9 Å². The average molecular weight is 548 g/mol. The lowest BCUT2D eigenvalue weighted by Gasteiger charge is -2.30. The van der Waals surface area contributed by atoms with Gasteiger partial charge in [-0.2, -0.15) is 13.2 Å². The Morgan fingerprint density at radius 1 is 0.806 bits per heavy atom. The molecule has 0 radical (unpaired) electrons. The highest BCUT2D eigenvalue weighted by Gasteiger charge is 2.42. The summed E-state index contributed by atoms with van der Waals surface area (Å²) < 4.78 is 42.9. The summed E-state index contributed by atoms with van der Waals surface area (Å²) >= 11 is 7.22. The Kier molecular flexibility index (Phi) is 4.98. The molecule has 0 nitrogen and oxygen atoms in total. The molecule has 0 bridgehead atoms. The molecule has 3 aromatic rings. The number of halogens is 5. The van der Waals surface area contributed by atoms with Gasteiger partial charge in [-0.05, 0) is 76.6 Å². The van der Waals surface area contributed by atoms with E-state index < -0.39 is 11.7 Å². The number of allylic oxidation sites excluding steroid dienone is 1. The zero-order valence-electron chi connectivity index (χ0n) is 16.9. The van der Waals surface area contributed by atoms with E-state index in [1.807, 2.05) is 25.1 Å². The highest BCUT2D eigenvalue weighted by molar-refractivity contribution is 9.10. The molecule has 2 aliphatic rings. The third kappa shape index (κ3) is 3.32. The van der Waals surface area contributed by atoms with E-state index in [4.69, 9.17) is 0 Å². The van der Waals surface area contributed by atoms with Crippen LogP contribution < -0.4 is 0 Å². The molecule has 0 spiro atoms. The largest absolute Gasteiger partial charge is 0.416 e. The van der Waals surface area contributed by atoms with Crippen molar-refractivity contribution < 1.29 is 13.2 Å². The predicted molar refractivity (Wildman–Crippen MR) is 126 cm³/mol. The number of hydrogen-bond donors (Lipinski definition) is 0. The monoisotopic (exact) mass is 546 g/mol. The van der Waals surface area contributed by atoms with Crippen molar-refractivity contribution in [2.24, 2.45) is 5.92 Å². The van der Waals surface area contributed by atoms with E-state index in [1.165, 1.54) is 34.4 Å². The van der Waals surface area contributed by atoms with Crippen LogP contribution in [0, 0.1) is 5.92 Å². The van der Waals surface area contributed by atoms with E-state index in [2.05, 4.69) is 63.0 Å². The second-order valence-corrected chi connectivity index (χ2v) is 10.3. The van der Waals surface area contributed by atoms with Gasteiger partial charge in [-0.1, -0.05) is 74.7 Å². The smallest absolute Gasteiger partial charge is 0.166 e. The van der Waals surface area contributed by atoms with Crippen LogP contribution in [-0.4, -0.2) is 0 Å². The molecule has 158 valence electrons. The zero-order valence-corrected chi connectivity index (χ0v) is 20.1. The van der Waals surface area contributed by atoms with Crippen LogP contribution in [0.5, 0.6) is 0 Å². The Morgan fingerprint density at radius 3 is 1.94 bits per heavy atom. The highest BCUT2D eigenvalue weighted by atomic mass is 79.9. The van der Waals surface area contributed by atoms with Crippen molar-refractivity contribution in [1.29, 1.82) is 0 Å². The van der Waals surface area contributed by atoms with E-state index in [0.29, 0.717) is 5.56 Å². The minimum absolute atomic E-state index is 0.0703. The Morgan fingerprint density at radius 2 is 1.39 bits per heavy atom. The first-order chi connectivity index (χ1) is 14.7. The normalized spacial score (nSPS) is 18.4. The molecule has 3 aromatic carbocycles. The molecule has 0 heterocycles. The van der Waals surface area contributed by atoms with Crippen molar-refractivity contribution in [2.45, 2.75) is 31.9 Å². The van der Waals surface area contributed by atoms with Crippen molar-refractivity contribution in [3.8, 4) is 11.1 Å². The molecule has 0 saturated heterocycles. The summed E-state index contributed by atoms with van der Waals surface area (Å²) in [6, 6.07) is 17.3. The molecule has 0 N–H and O–H groups in total. The molecule has 0 amide bonds. The van der Waals surface area contributed by atoms with Gasteiger partial charge in [-0.15, -0.1) is 0 Å². The van der Waals surface area contributed by atoms with Crippen LogP contribution in [0.2, 0.25) is 0 Å². The summed E-state index contributed by atoms with van der Waals surface area (Å²) in [5.41, 5.74) is 6.39. The minimum atomic E-state index is -4.36. The lowest BCUT2D eigenvalue weighted by molar-refractivity contribution is -0.137. The van der Waals surface area contributed by atoms with Crippen LogP contribution in [0.1, 0.15) is 53.5 Å². The highest BCUT2D eigenvalue weighted by Crippen LogP contribution is 2.56. The van der Waals surface area contributed by atoms with Gasteiger partial charge in [-0.25, -0.2) is 0 Å². The standard InChI is InChI=1S/C26H19Br2F3/c1-13-10-20-19(4-3-5-23(20)26(29,30)31)24(13)14(2)25-21-11-15(27)6-8-17(21)18-9-7-16(28)12-22(18)25/h3-12,14,24-25H,1-2H3. The average Bonchev–Trinajstić information content (AvgIpc) is 3.19. The number of benzene rings is 3. The Hall–Kier alpha value is -1.85. The molecule has 2 unspecified atom stereocenters. The lowest BCUT2D eigenvalue weighted by atomic mass is 9.73. The van der Waals surface area contributed by atoms with Gasteiger partial charge < -0.3 is 0 Å². The Labute approximate surface area is 196 Å². The van der Waals surface area contributed by atoms with Crippen LogP contribution in [0.15, 0.2) is 69.1 Å². The van der Waals surface area contributed by atoms with Gasteiger partial charge in [0.15, 0.2) is 0 Å². The molecule has 5 heteroatoms. The van der Waals surface area contributed by atoms with Gasteiger partial charge in [0.2, 0.25) is 0 Å². The van der Waals surface area contributed by atoms with Gasteiger partial charge in [0.05, 0.1) is 5.56 Å². The third-order valence-corrected chi connectivity index (χ3v) is 7.67. The van der Waals surface area contributed by atoms with Gasteiger partial charge >= 0.3 is 6.18 Å². The zero-order chi connectivity index (χ0) is 22.1. The minimum Gasteiger partial charge on any atom is -0.166 e. The topological polar surface area (TPSA) is 0 Å². The van der Waals surface area contributed by atoms with E-state index in [0.717, 1.165) is 20.1 Å². The van der Waals surface area contributed by atoms with Crippen molar-refractivity contribution in [3.63, 3.8) is 0 Å². The summed E-state index contributed by atoms with van der Waals surface area (Å²) in [6.45, 7) is 4.13. The van der Waals surface area contributed by atoms with Gasteiger partial charge in [0, 0.05) is 20.8 Å². The van der Waals surface area contributed by atoms with Crippen LogP contribution in [-0.2, 0) is 6.18 Å². The molecule has 0 fully saturated rings. The first kappa shape index (κ1) is 21.0. The molecule has 0 saturated carbocycles. The third-order valence-electron chi connectivity index (χ3n) is 6.68. The maximum absolute atomic E-state index is 13.6. The van der Waals surface area contributed by atoms with Crippen molar-refractivity contribution in [2.75, 3.05) is 0 Å². The SMILES string of the molecule is CC1=Cc2c(cccc2C(F)(F)F)C1C(C)C1c2cc(Br)ccc2-c2ccc(Br)cc21. The molecule has 5 rings (SSSR count). The molecule has 0 aliphatic heterocycles.